The molecule has 1 amide bonds. The topological polar surface area (TPSA) is 41.6 Å². The van der Waals surface area contributed by atoms with E-state index in [-0.39, 0.29) is 23.6 Å². The van der Waals surface area contributed by atoms with Gasteiger partial charge in [-0.25, -0.2) is 8.78 Å². The van der Waals surface area contributed by atoms with Gasteiger partial charge in [0.05, 0.1) is 24.9 Å². The molecular weight excluding hydrogens is 350 g/mol. The Kier molecular flexibility index (Phi) is 6.19. The second-order valence-corrected chi connectivity index (χ2v) is 6.40. The molecule has 4 nitrogen and oxygen atoms in total. The molecule has 27 heavy (non-hydrogen) atoms. The molecule has 0 aromatic heterocycles. The number of rotatable bonds is 5. The summed E-state index contributed by atoms with van der Waals surface area (Å²) in [5.41, 5.74) is 1.65. The quantitative estimate of drug-likeness (QED) is 0.814. The van der Waals surface area contributed by atoms with Crippen molar-refractivity contribution in [2.75, 3.05) is 31.2 Å². The van der Waals surface area contributed by atoms with Crippen LogP contribution in [0.2, 0.25) is 0 Å². The number of morpholine rings is 1. The number of carbonyl (C=O) groups excluding carboxylic acids is 1. The van der Waals surface area contributed by atoms with Crippen LogP contribution in [0, 0.1) is 11.6 Å². The number of nitrogens with one attached hydrogen (secondary N) is 1. The monoisotopic (exact) mass is 372 g/mol. The smallest absolute Gasteiger partial charge is 0.244 e. The Morgan fingerprint density at radius 3 is 2.63 bits per heavy atom. The van der Waals surface area contributed by atoms with Crippen molar-refractivity contribution in [3.8, 4) is 0 Å². The number of halogens is 2. The Bertz CT molecular complexity index is 833. The van der Waals surface area contributed by atoms with Crippen molar-refractivity contribution >= 4 is 17.7 Å². The highest BCUT2D eigenvalue weighted by Crippen LogP contribution is 2.25. The average Bonchev–Trinajstić information content (AvgIpc) is 2.68. The minimum absolute atomic E-state index is 0.293. The third-order valence-electron chi connectivity index (χ3n) is 4.50. The third kappa shape index (κ3) is 4.92. The van der Waals surface area contributed by atoms with E-state index in [0.717, 1.165) is 5.56 Å². The molecule has 0 saturated carbocycles. The lowest BCUT2D eigenvalue weighted by Gasteiger charge is -2.29. The fourth-order valence-electron chi connectivity index (χ4n) is 2.97. The van der Waals surface area contributed by atoms with E-state index in [1.165, 1.54) is 24.3 Å². The van der Waals surface area contributed by atoms with Crippen LogP contribution in [0.5, 0.6) is 0 Å². The molecule has 1 atom stereocenters. The molecule has 0 spiro atoms. The van der Waals surface area contributed by atoms with Gasteiger partial charge in [-0.05, 0) is 36.8 Å². The molecule has 2 aromatic carbocycles. The van der Waals surface area contributed by atoms with E-state index in [4.69, 9.17) is 4.74 Å². The van der Waals surface area contributed by atoms with Gasteiger partial charge in [0, 0.05) is 24.7 Å². The fourth-order valence-corrected chi connectivity index (χ4v) is 2.97. The van der Waals surface area contributed by atoms with E-state index in [0.29, 0.717) is 37.6 Å². The summed E-state index contributed by atoms with van der Waals surface area (Å²) < 4.78 is 33.1. The molecule has 6 heteroatoms. The van der Waals surface area contributed by atoms with Crippen molar-refractivity contribution in [1.82, 2.24) is 5.32 Å². The molecule has 1 saturated heterocycles. The zero-order valence-electron chi connectivity index (χ0n) is 15.1. The van der Waals surface area contributed by atoms with Crippen LogP contribution in [0.1, 0.15) is 24.1 Å². The van der Waals surface area contributed by atoms with Crippen LogP contribution in [-0.2, 0) is 9.53 Å². The summed E-state index contributed by atoms with van der Waals surface area (Å²) in [6.07, 6.45) is 2.72. The Morgan fingerprint density at radius 1 is 1.15 bits per heavy atom. The summed E-state index contributed by atoms with van der Waals surface area (Å²) in [5, 5.41) is 2.82. The van der Waals surface area contributed by atoms with Crippen LogP contribution < -0.4 is 10.2 Å². The summed E-state index contributed by atoms with van der Waals surface area (Å²) in [6.45, 7) is 4.22. The predicted octanol–water partition coefficient (Wildman–Crippen LogP) is 3.69. The summed E-state index contributed by atoms with van der Waals surface area (Å²) in [5.74, 6) is -1.02. The maximum absolute atomic E-state index is 14.2. The molecule has 1 fully saturated rings. The van der Waals surface area contributed by atoms with E-state index >= 15 is 0 Å². The number of benzene rings is 2. The molecule has 0 bridgehead atoms. The number of carbonyl (C=O) groups is 1. The maximum Gasteiger partial charge on any atom is 0.244 e. The van der Waals surface area contributed by atoms with Gasteiger partial charge in [0.1, 0.15) is 11.6 Å². The maximum atomic E-state index is 14.2. The van der Waals surface area contributed by atoms with Crippen LogP contribution >= 0.6 is 0 Å². The van der Waals surface area contributed by atoms with Gasteiger partial charge in [0.25, 0.3) is 0 Å². The van der Waals surface area contributed by atoms with Gasteiger partial charge < -0.3 is 15.0 Å². The van der Waals surface area contributed by atoms with Gasteiger partial charge >= 0.3 is 0 Å². The molecule has 1 aliphatic rings. The van der Waals surface area contributed by atoms with E-state index in [1.54, 1.807) is 30.3 Å². The number of amides is 1. The lowest BCUT2D eigenvalue weighted by molar-refractivity contribution is -0.117. The summed E-state index contributed by atoms with van der Waals surface area (Å²) in [6, 6.07) is 10.7. The fraction of sp³-hybridized carbons (Fsp3) is 0.286. The first-order valence-electron chi connectivity index (χ1n) is 8.90. The zero-order valence-corrected chi connectivity index (χ0v) is 15.1. The molecule has 2 aromatic rings. The molecular formula is C21H22F2N2O2. The van der Waals surface area contributed by atoms with Crippen molar-refractivity contribution in [1.29, 1.82) is 0 Å². The predicted molar refractivity (Wildman–Crippen MR) is 101 cm³/mol. The van der Waals surface area contributed by atoms with Gasteiger partial charge in [-0.3, -0.25) is 4.79 Å². The normalized spacial score (nSPS) is 15.7. The molecule has 1 heterocycles. The molecule has 1 N–H and O–H groups in total. The number of nitrogens with zero attached hydrogens (tertiary/aromatic N) is 1. The lowest BCUT2D eigenvalue weighted by Crippen LogP contribution is -2.37. The van der Waals surface area contributed by atoms with Gasteiger partial charge in [-0.2, -0.15) is 0 Å². The van der Waals surface area contributed by atoms with E-state index in [9.17, 15) is 13.6 Å². The number of hydrogen-bond donors (Lipinski definition) is 1. The SMILES string of the molecule is CC(NC(=O)C=Cc1ccccc1F)c1ccc(F)c(N2CCOCC2)c1. The van der Waals surface area contributed by atoms with Crippen LogP contribution in [0.15, 0.2) is 48.5 Å². The van der Waals surface area contributed by atoms with Crippen molar-refractivity contribution in [2.45, 2.75) is 13.0 Å². The first kappa shape index (κ1) is 19.0. The highest BCUT2D eigenvalue weighted by atomic mass is 19.1. The number of hydrogen-bond acceptors (Lipinski definition) is 3. The first-order valence-corrected chi connectivity index (χ1v) is 8.90. The second-order valence-electron chi connectivity index (χ2n) is 6.40. The minimum Gasteiger partial charge on any atom is -0.378 e. The molecule has 3 rings (SSSR count). The van der Waals surface area contributed by atoms with Crippen LogP contribution in [-0.4, -0.2) is 32.2 Å². The third-order valence-corrected chi connectivity index (χ3v) is 4.50. The summed E-state index contributed by atoms with van der Waals surface area (Å²) in [7, 11) is 0. The van der Waals surface area contributed by atoms with Crippen molar-refractivity contribution in [2.24, 2.45) is 0 Å². The van der Waals surface area contributed by atoms with E-state index < -0.39 is 0 Å². The van der Waals surface area contributed by atoms with E-state index in [2.05, 4.69) is 5.32 Å². The largest absolute Gasteiger partial charge is 0.378 e. The first-order chi connectivity index (χ1) is 13.0. The van der Waals surface area contributed by atoms with Gasteiger partial charge in [-0.1, -0.05) is 24.3 Å². The Morgan fingerprint density at radius 2 is 1.89 bits per heavy atom. The van der Waals surface area contributed by atoms with Crippen molar-refractivity contribution in [3.05, 3.63) is 71.3 Å². The van der Waals surface area contributed by atoms with Crippen molar-refractivity contribution in [3.63, 3.8) is 0 Å². The highest BCUT2D eigenvalue weighted by Gasteiger charge is 2.17. The Hall–Kier alpha value is -2.73. The molecule has 0 radical (unpaired) electrons. The molecule has 0 aliphatic carbocycles. The van der Waals surface area contributed by atoms with E-state index in [1.807, 2.05) is 11.8 Å². The van der Waals surface area contributed by atoms with Gasteiger partial charge in [0.15, 0.2) is 0 Å². The van der Waals surface area contributed by atoms with Gasteiger partial charge in [-0.15, -0.1) is 0 Å². The second kappa shape index (κ2) is 8.77. The van der Waals surface area contributed by atoms with Crippen LogP contribution in [0.3, 0.4) is 0 Å². The highest BCUT2D eigenvalue weighted by molar-refractivity contribution is 5.92. The number of ether oxygens (including phenoxy) is 1. The molecule has 142 valence electrons. The summed E-state index contributed by atoms with van der Waals surface area (Å²) >= 11 is 0. The average molecular weight is 372 g/mol. The Balaban J connectivity index is 1.67. The van der Waals surface area contributed by atoms with Crippen molar-refractivity contribution < 1.29 is 18.3 Å². The zero-order chi connectivity index (χ0) is 19.2. The summed E-state index contributed by atoms with van der Waals surface area (Å²) in [4.78, 5) is 14.1. The van der Waals surface area contributed by atoms with Gasteiger partial charge in [0.2, 0.25) is 5.91 Å². The number of anilines is 1. The standard InChI is InChI=1S/C21H22F2N2O2/c1-15(24-21(26)9-7-16-4-2-3-5-18(16)22)17-6-8-19(23)20(14-17)25-10-12-27-13-11-25/h2-9,14-15H,10-13H2,1H3,(H,24,26). The van der Waals surface area contributed by atoms with Crippen LogP contribution in [0.25, 0.3) is 6.08 Å². The lowest BCUT2D eigenvalue weighted by atomic mass is 10.1. The minimum atomic E-state index is -0.386. The molecule has 1 aliphatic heterocycles. The van der Waals surface area contributed by atoms with Crippen LogP contribution in [0.4, 0.5) is 14.5 Å². The molecule has 1 unspecified atom stereocenters. The Labute approximate surface area is 157 Å².